The van der Waals surface area contributed by atoms with Crippen LogP contribution in [0.15, 0.2) is 87.7 Å². The van der Waals surface area contributed by atoms with E-state index in [4.69, 9.17) is 0 Å². The smallest absolute Gasteiger partial charge is 0.224 e. The van der Waals surface area contributed by atoms with E-state index in [2.05, 4.69) is 9.93 Å². The molecule has 30 heavy (non-hydrogen) atoms. The van der Waals surface area contributed by atoms with E-state index >= 15 is 0 Å². The summed E-state index contributed by atoms with van der Waals surface area (Å²) >= 11 is 0. The molecule has 0 aliphatic heterocycles. The van der Waals surface area contributed by atoms with E-state index in [1.807, 2.05) is 6.92 Å². The first kappa shape index (κ1) is 21.7. The zero-order valence-corrected chi connectivity index (χ0v) is 17.8. The van der Waals surface area contributed by atoms with E-state index in [1.165, 1.54) is 60.7 Å². The lowest BCUT2D eigenvalue weighted by Crippen LogP contribution is -2.21. The molecular formula is C21H19FN2O4S2. The van der Waals surface area contributed by atoms with E-state index in [9.17, 15) is 21.2 Å². The Hall–Kier alpha value is -3.04. The molecule has 0 radical (unpaired) electrons. The van der Waals surface area contributed by atoms with Gasteiger partial charge in [-0.05, 0) is 55.5 Å². The van der Waals surface area contributed by atoms with Crippen LogP contribution in [0.3, 0.4) is 0 Å². The van der Waals surface area contributed by atoms with Crippen molar-refractivity contribution in [3.63, 3.8) is 0 Å². The summed E-state index contributed by atoms with van der Waals surface area (Å²) in [5, 5.41) is 4.06. The number of halogens is 1. The molecule has 1 N–H and O–H groups in total. The number of nitrogens with zero attached hydrogens (tertiary/aromatic N) is 1. The molecule has 0 saturated heterocycles. The number of hydrogen-bond acceptors (Lipinski definition) is 5. The molecule has 0 saturated carbocycles. The number of sulfonamides is 1. The minimum atomic E-state index is -3.94. The number of rotatable bonds is 6. The molecule has 0 aliphatic carbocycles. The summed E-state index contributed by atoms with van der Waals surface area (Å²) in [7, 11) is -7.33. The second-order valence-corrected chi connectivity index (χ2v) is 10.3. The minimum Gasteiger partial charge on any atom is -0.224 e. The summed E-state index contributed by atoms with van der Waals surface area (Å²) in [6, 6.07) is 17.5. The maximum absolute atomic E-state index is 13.3. The van der Waals surface area contributed by atoms with Crippen LogP contribution in [0, 0.1) is 12.7 Å². The van der Waals surface area contributed by atoms with Crippen LogP contribution in [0.25, 0.3) is 0 Å². The van der Waals surface area contributed by atoms with Gasteiger partial charge in [0.1, 0.15) is 5.82 Å². The summed E-state index contributed by atoms with van der Waals surface area (Å²) in [5.74, 6) is -0.453. The van der Waals surface area contributed by atoms with Crippen molar-refractivity contribution < 1.29 is 21.2 Å². The van der Waals surface area contributed by atoms with E-state index in [1.54, 1.807) is 12.1 Å². The van der Waals surface area contributed by atoms with Crippen LogP contribution < -0.4 is 4.83 Å². The second kappa shape index (κ2) is 8.37. The second-order valence-electron chi connectivity index (χ2n) is 6.67. The Morgan fingerprint density at radius 3 is 1.73 bits per heavy atom. The fourth-order valence-electron chi connectivity index (χ4n) is 2.64. The summed E-state index contributed by atoms with van der Waals surface area (Å²) in [6.07, 6.45) is 1.09. The number of aryl methyl sites for hydroxylation is 1. The third-order valence-electron chi connectivity index (χ3n) is 4.28. The first-order valence-corrected chi connectivity index (χ1v) is 12.2. The first-order valence-electron chi connectivity index (χ1n) is 8.79. The van der Waals surface area contributed by atoms with E-state index < -0.39 is 25.7 Å². The quantitative estimate of drug-likeness (QED) is 0.465. The largest absolute Gasteiger partial charge is 0.276 e. The Balaban J connectivity index is 2.03. The molecule has 0 amide bonds. The molecule has 156 valence electrons. The highest BCUT2D eigenvalue weighted by atomic mass is 32.2. The third-order valence-corrected chi connectivity index (χ3v) is 6.64. The average molecular weight is 447 g/mol. The summed E-state index contributed by atoms with van der Waals surface area (Å²) in [4.78, 5) is 2.36. The highest BCUT2D eigenvalue weighted by Crippen LogP contribution is 2.16. The van der Waals surface area contributed by atoms with Crippen molar-refractivity contribution in [3.05, 3.63) is 95.3 Å². The Kier molecular flexibility index (Phi) is 6.04. The molecule has 0 unspecified atom stereocenters. The highest BCUT2D eigenvalue weighted by molar-refractivity contribution is 7.90. The van der Waals surface area contributed by atoms with Crippen LogP contribution in [0.1, 0.15) is 16.7 Å². The molecule has 9 heteroatoms. The monoisotopic (exact) mass is 446 g/mol. The SMILES string of the molecule is Cc1ccc(S(=O)(=O)NN=C(c2ccc(F)cc2)c2ccc(S(C)(=O)=O)cc2)cc1. The van der Waals surface area contributed by atoms with Crippen molar-refractivity contribution >= 4 is 25.6 Å². The van der Waals surface area contributed by atoms with Crippen molar-refractivity contribution in [1.82, 2.24) is 4.83 Å². The van der Waals surface area contributed by atoms with Crippen molar-refractivity contribution in [2.75, 3.05) is 6.26 Å². The van der Waals surface area contributed by atoms with Gasteiger partial charge in [0.15, 0.2) is 9.84 Å². The van der Waals surface area contributed by atoms with Crippen molar-refractivity contribution in [2.45, 2.75) is 16.7 Å². The Morgan fingerprint density at radius 1 is 0.767 bits per heavy atom. The molecule has 0 fully saturated rings. The van der Waals surface area contributed by atoms with E-state index in [-0.39, 0.29) is 15.5 Å². The molecule has 0 aliphatic rings. The normalized spacial score (nSPS) is 12.6. The van der Waals surface area contributed by atoms with Gasteiger partial charge >= 0.3 is 0 Å². The van der Waals surface area contributed by atoms with Crippen LogP contribution >= 0.6 is 0 Å². The van der Waals surface area contributed by atoms with Gasteiger partial charge in [-0.25, -0.2) is 12.8 Å². The first-order chi connectivity index (χ1) is 14.1. The predicted molar refractivity (Wildman–Crippen MR) is 113 cm³/mol. The van der Waals surface area contributed by atoms with Gasteiger partial charge in [0.05, 0.1) is 15.5 Å². The van der Waals surface area contributed by atoms with E-state index in [0.717, 1.165) is 11.8 Å². The van der Waals surface area contributed by atoms with Crippen LogP contribution in [0.4, 0.5) is 4.39 Å². The number of hydrogen-bond donors (Lipinski definition) is 1. The Labute approximate surface area is 175 Å². The molecule has 0 heterocycles. The predicted octanol–water partition coefficient (Wildman–Crippen LogP) is 3.27. The molecule has 3 aromatic rings. The van der Waals surface area contributed by atoms with Gasteiger partial charge in [0.2, 0.25) is 0 Å². The third kappa shape index (κ3) is 5.11. The molecule has 0 bridgehead atoms. The lowest BCUT2D eigenvalue weighted by Gasteiger charge is -2.10. The molecule has 6 nitrogen and oxygen atoms in total. The highest BCUT2D eigenvalue weighted by Gasteiger charge is 2.15. The maximum Gasteiger partial charge on any atom is 0.276 e. The van der Waals surface area contributed by atoms with Gasteiger partial charge in [-0.15, -0.1) is 0 Å². The van der Waals surface area contributed by atoms with Crippen molar-refractivity contribution in [3.8, 4) is 0 Å². The lowest BCUT2D eigenvalue weighted by atomic mass is 10.0. The van der Waals surface area contributed by atoms with Crippen molar-refractivity contribution in [1.29, 1.82) is 0 Å². The average Bonchev–Trinajstić information content (AvgIpc) is 2.69. The fourth-order valence-corrected chi connectivity index (χ4v) is 4.08. The molecule has 0 spiro atoms. The summed E-state index contributed by atoms with van der Waals surface area (Å²) in [6.45, 7) is 1.84. The fraction of sp³-hybridized carbons (Fsp3) is 0.0952. The van der Waals surface area contributed by atoms with Crippen LogP contribution in [0.5, 0.6) is 0 Å². The van der Waals surface area contributed by atoms with Gasteiger partial charge in [-0.1, -0.05) is 29.8 Å². The molecular weight excluding hydrogens is 427 g/mol. The zero-order valence-electron chi connectivity index (χ0n) is 16.2. The lowest BCUT2D eigenvalue weighted by molar-refractivity contribution is 0.584. The summed E-state index contributed by atoms with van der Waals surface area (Å²) in [5.41, 5.74) is 2.04. The molecule has 3 rings (SSSR count). The number of nitrogens with one attached hydrogen (secondary N) is 1. The summed E-state index contributed by atoms with van der Waals surface area (Å²) < 4.78 is 61.9. The van der Waals surface area contributed by atoms with Crippen molar-refractivity contribution in [2.24, 2.45) is 5.10 Å². The van der Waals surface area contributed by atoms with Gasteiger partial charge in [-0.2, -0.15) is 18.4 Å². The molecule has 0 aromatic heterocycles. The van der Waals surface area contributed by atoms with Gasteiger partial charge in [0.25, 0.3) is 10.0 Å². The van der Waals surface area contributed by atoms with Gasteiger partial charge < -0.3 is 0 Å². The van der Waals surface area contributed by atoms with Crippen LogP contribution in [-0.2, 0) is 19.9 Å². The standard InChI is InChI=1S/C21H19FN2O4S2/c1-15-3-11-20(12-4-15)30(27,28)24-23-21(16-5-9-18(22)10-6-16)17-7-13-19(14-8-17)29(2,25)26/h3-14,24H,1-2H3. The van der Waals surface area contributed by atoms with Crippen LogP contribution in [-0.4, -0.2) is 28.8 Å². The van der Waals surface area contributed by atoms with Gasteiger partial charge in [-0.3, -0.25) is 0 Å². The number of hydrazone groups is 1. The number of benzene rings is 3. The van der Waals surface area contributed by atoms with Crippen LogP contribution in [0.2, 0.25) is 0 Å². The number of sulfone groups is 1. The maximum atomic E-state index is 13.3. The van der Waals surface area contributed by atoms with E-state index in [0.29, 0.717) is 11.1 Å². The topological polar surface area (TPSA) is 92.7 Å². The Bertz CT molecular complexity index is 1280. The zero-order chi connectivity index (χ0) is 21.9. The van der Waals surface area contributed by atoms with Gasteiger partial charge in [0, 0.05) is 17.4 Å². The molecule has 3 aromatic carbocycles. The molecule has 0 atom stereocenters. The Morgan fingerprint density at radius 2 is 1.23 bits per heavy atom. The minimum absolute atomic E-state index is 0.0442.